The van der Waals surface area contributed by atoms with Crippen molar-refractivity contribution in [1.82, 2.24) is 9.88 Å². The molecule has 1 fully saturated rings. The van der Waals surface area contributed by atoms with Gasteiger partial charge in [-0.2, -0.15) is 0 Å². The summed E-state index contributed by atoms with van der Waals surface area (Å²) >= 11 is 1.71. The van der Waals surface area contributed by atoms with Crippen LogP contribution in [0.3, 0.4) is 0 Å². The summed E-state index contributed by atoms with van der Waals surface area (Å²) in [5, 5.41) is 3.25. The van der Waals surface area contributed by atoms with Crippen molar-refractivity contribution in [3.63, 3.8) is 0 Å². The maximum Gasteiger partial charge on any atom is 0.124 e. The summed E-state index contributed by atoms with van der Waals surface area (Å²) in [7, 11) is 0. The van der Waals surface area contributed by atoms with E-state index in [-0.39, 0.29) is 6.10 Å². The molecule has 1 saturated heterocycles. The van der Waals surface area contributed by atoms with E-state index in [0.29, 0.717) is 0 Å². The second kappa shape index (κ2) is 7.70. The quantitative estimate of drug-likeness (QED) is 0.651. The van der Waals surface area contributed by atoms with Crippen LogP contribution >= 0.6 is 11.3 Å². The zero-order valence-corrected chi connectivity index (χ0v) is 16.1. The van der Waals surface area contributed by atoms with E-state index < -0.39 is 0 Å². The van der Waals surface area contributed by atoms with Gasteiger partial charge in [0, 0.05) is 30.6 Å². The molecule has 2 aromatic carbocycles. The van der Waals surface area contributed by atoms with Crippen molar-refractivity contribution in [2.24, 2.45) is 0 Å². The Hall–Kier alpha value is -2.01. The van der Waals surface area contributed by atoms with Crippen LogP contribution in [0, 0.1) is 13.8 Å². The van der Waals surface area contributed by atoms with Crippen LogP contribution in [-0.2, 0) is 11.3 Å². The van der Waals surface area contributed by atoms with Crippen molar-refractivity contribution in [2.45, 2.75) is 26.5 Å². The highest BCUT2D eigenvalue weighted by molar-refractivity contribution is 7.10. The summed E-state index contributed by atoms with van der Waals surface area (Å²) in [6.07, 6.45) is 0.0660. The molecule has 3 nitrogen and oxygen atoms in total. The molecule has 26 heavy (non-hydrogen) atoms. The molecule has 4 heteroatoms. The van der Waals surface area contributed by atoms with Gasteiger partial charge in [0.15, 0.2) is 0 Å². The van der Waals surface area contributed by atoms with Crippen LogP contribution < -0.4 is 0 Å². The summed E-state index contributed by atoms with van der Waals surface area (Å²) in [6, 6.07) is 17.2. The maximum atomic E-state index is 6.04. The van der Waals surface area contributed by atoms with Crippen molar-refractivity contribution < 1.29 is 4.74 Å². The van der Waals surface area contributed by atoms with Crippen molar-refractivity contribution in [3.05, 3.63) is 75.6 Å². The van der Waals surface area contributed by atoms with E-state index in [1.165, 1.54) is 22.3 Å². The van der Waals surface area contributed by atoms with Gasteiger partial charge in [-0.15, -0.1) is 11.3 Å². The van der Waals surface area contributed by atoms with Gasteiger partial charge in [0.1, 0.15) is 11.1 Å². The van der Waals surface area contributed by atoms with Crippen LogP contribution in [0.1, 0.15) is 27.8 Å². The average Bonchev–Trinajstić information content (AvgIpc) is 3.15. The Labute approximate surface area is 159 Å². The van der Waals surface area contributed by atoms with E-state index >= 15 is 0 Å². The van der Waals surface area contributed by atoms with Crippen LogP contribution in [0.5, 0.6) is 0 Å². The van der Waals surface area contributed by atoms with Crippen molar-refractivity contribution in [2.75, 3.05) is 19.7 Å². The van der Waals surface area contributed by atoms with Crippen LogP contribution in [0.25, 0.3) is 11.3 Å². The molecule has 0 unspecified atom stereocenters. The SMILES string of the molecule is Cc1ccc(C)c(-c2csc([C@H]3CN(Cc4ccccc4)CCO3)n2)c1. The fraction of sp³-hybridized carbons (Fsp3) is 0.318. The topological polar surface area (TPSA) is 25.4 Å². The molecule has 4 rings (SSSR count). The normalized spacial score (nSPS) is 18.2. The molecule has 134 valence electrons. The molecular formula is C22H24N2OS. The van der Waals surface area contributed by atoms with Gasteiger partial charge in [0.05, 0.1) is 12.3 Å². The first kappa shape index (κ1) is 17.4. The van der Waals surface area contributed by atoms with Crippen LogP contribution in [0.15, 0.2) is 53.9 Å². The van der Waals surface area contributed by atoms with Crippen LogP contribution in [-0.4, -0.2) is 29.6 Å². The lowest BCUT2D eigenvalue weighted by molar-refractivity contribution is -0.0329. The fourth-order valence-corrected chi connectivity index (χ4v) is 4.27. The number of benzene rings is 2. The molecule has 0 N–H and O–H groups in total. The summed E-state index contributed by atoms with van der Waals surface area (Å²) < 4.78 is 6.04. The zero-order chi connectivity index (χ0) is 17.9. The van der Waals surface area contributed by atoms with E-state index in [9.17, 15) is 0 Å². The Morgan fingerprint density at radius 3 is 2.85 bits per heavy atom. The Bertz CT molecular complexity index is 875. The molecule has 3 aromatic rings. The van der Waals surface area contributed by atoms with Gasteiger partial charge < -0.3 is 4.74 Å². The van der Waals surface area contributed by atoms with E-state index in [0.717, 1.165) is 36.9 Å². The van der Waals surface area contributed by atoms with Crippen LogP contribution in [0.4, 0.5) is 0 Å². The molecule has 0 saturated carbocycles. The van der Waals surface area contributed by atoms with Gasteiger partial charge in [0.2, 0.25) is 0 Å². The lowest BCUT2D eigenvalue weighted by atomic mass is 10.0. The summed E-state index contributed by atoms with van der Waals surface area (Å²) in [6.45, 7) is 7.87. The maximum absolute atomic E-state index is 6.04. The number of ether oxygens (including phenoxy) is 1. The van der Waals surface area contributed by atoms with E-state index in [4.69, 9.17) is 9.72 Å². The number of aromatic nitrogens is 1. The minimum Gasteiger partial charge on any atom is -0.368 e. The second-order valence-corrected chi connectivity index (χ2v) is 7.86. The minimum atomic E-state index is 0.0660. The minimum absolute atomic E-state index is 0.0660. The number of hydrogen-bond donors (Lipinski definition) is 0. The molecule has 0 amide bonds. The van der Waals surface area contributed by atoms with Crippen molar-refractivity contribution >= 4 is 11.3 Å². The molecule has 0 aliphatic carbocycles. The predicted octanol–water partition coefficient (Wildman–Crippen LogP) is 5.00. The Balaban J connectivity index is 1.49. The number of thiazole rings is 1. The largest absolute Gasteiger partial charge is 0.368 e. The van der Waals surface area contributed by atoms with Crippen molar-refractivity contribution in [3.8, 4) is 11.3 Å². The lowest BCUT2D eigenvalue weighted by Crippen LogP contribution is -2.37. The average molecular weight is 365 g/mol. The first-order chi connectivity index (χ1) is 12.7. The summed E-state index contributed by atoms with van der Waals surface area (Å²) in [5.41, 5.74) is 6.17. The third kappa shape index (κ3) is 3.88. The number of morpholine rings is 1. The van der Waals surface area contributed by atoms with Crippen molar-refractivity contribution in [1.29, 1.82) is 0 Å². The molecular weight excluding hydrogens is 340 g/mol. The highest BCUT2D eigenvalue weighted by atomic mass is 32.1. The molecule has 1 aliphatic heterocycles. The fourth-order valence-electron chi connectivity index (χ4n) is 3.41. The Kier molecular flexibility index (Phi) is 5.16. The summed E-state index contributed by atoms with van der Waals surface area (Å²) in [5.74, 6) is 0. The molecule has 0 spiro atoms. The molecule has 1 aliphatic rings. The molecule has 2 heterocycles. The van der Waals surface area contributed by atoms with E-state index in [1.807, 2.05) is 0 Å². The first-order valence-electron chi connectivity index (χ1n) is 9.10. The highest BCUT2D eigenvalue weighted by Gasteiger charge is 2.25. The monoisotopic (exact) mass is 364 g/mol. The Morgan fingerprint density at radius 1 is 1.15 bits per heavy atom. The highest BCUT2D eigenvalue weighted by Crippen LogP contribution is 2.31. The van der Waals surface area contributed by atoms with Gasteiger partial charge >= 0.3 is 0 Å². The summed E-state index contributed by atoms with van der Waals surface area (Å²) in [4.78, 5) is 7.38. The van der Waals surface area contributed by atoms with Gasteiger partial charge in [-0.1, -0.05) is 48.0 Å². The third-order valence-electron chi connectivity index (χ3n) is 4.87. The number of aryl methyl sites for hydroxylation is 2. The zero-order valence-electron chi connectivity index (χ0n) is 15.3. The van der Waals surface area contributed by atoms with Gasteiger partial charge in [-0.05, 0) is 31.0 Å². The van der Waals surface area contributed by atoms with Gasteiger partial charge in [-0.3, -0.25) is 4.90 Å². The third-order valence-corrected chi connectivity index (χ3v) is 5.80. The molecule has 0 bridgehead atoms. The predicted molar refractivity (Wildman–Crippen MR) is 107 cm³/mol. The molecule has 1 aromatic heterocycles. The van der Waals surface area contributed by atoms with Gasteiger partial charge in [-0.25, -0.2) is 4.98 Å². The molecule has 1 atom stereocenters. The van der Waals surface area contributed by atoms with Crippen LogP contribution in [0.2, 0.25) is 0 Å². The standard InChI is InChI=1S/C22H24N2OS/c1-16-8-9-17(2)19(12-16)20-15-26-22(23-20)21-14-24(10-11-25-21)13-18-6-4-3-5-7-18/h3-9,12,15,21H,10-11,13-14H2,1-2H3/t21-/m1/s1. The number of hydrogen-bond acceptors (Lipinski definition) is 4. The number of rotatable bonds is 4. The molecule has 0 radical (unpaired) electrons. The van der Waals surface area contributed by atoms with E-state index in [2.05, 4.69) is 72.7 Å². The smallest absolute Gasteiger partial charge is 0.124 e. The first-order valence-corrected chi connectivity index (χ1v) is 9.98. The Morgan fingerprint density at radius 2 is 2.00 bits per heavy atom. The number of nitrogens with zero attached hydrogens (tertiary/aromatic N) is 2. The van der Waals surface area contributed by atoms with E-state index in [1.54, 1.807) is 11.3 Å². The van der Waals surface area contributed by atoms with Gasteiger partial charge in [0.25, 0.3) is 0 Å². The second-order valence-electron chi connectivity index (χ2n) is 6.97. The lowest BCUT2D eigenvalue weighted by Gasteiger charge is -2.32.